The smallest absolute Gasteiger partial charge is 0.119 e. The van der Waals surface area contributed by atoms with Crippen molar-refractivity contribution in [3.05, 3.63) is 59.2 Å². The Labute approximate surface area is 133 Å². The highest BCUT2D eigenvalue weighted by atomic mass is 16.5. The van der Waals surface area contributed by atoms with Gasteiger partial charge in [-0.1, -0.05) is 23.8 Å². The topological polar surface area (TPSA) is 18.5 Å². The first-order valence-corrected chi connectivity index (χ1v) is 8.25. The summed E-state index contributed by atoms with van der Waals surface area (Å²) in [5.41, 5.74) is 4.23. The van der Waals surface area contributed by atoms with Crippen molar-refractivity contribution in [1.29, 1.82) is 0 Å². The minimum absolute atomic E-state index is 0.688. The lowest BCUT2D eigenvalue weighted by atomic mass is 9.92. The molecule has 3 rings (SSSR count). The predicted molar refractivity (Wildman–Crippen MR) is 89.9 cm³/mol. The lowest BCUT2D eigenvalue weighted by Crippen LogP contribution is -2.06. The van der Waals surface area contributed by atoms with Crippen LogP contribution in [0.1, 0.15) is 36.0 Å². The molecule has 0 N–H and O–H groups in total. The zero-order chi connectivity index (χ0) is 15.2. The van der Waals surface area contributed by atoms with Gasteiger partial charge in [-0.25, -0.2) is 0 Å². The summed E-state index contributed by atoms with van der Waals surface area (Å²) in [6.07, 6.45) is 5.94. The molecule has 1 aliphatic carbocycles. The van der Waals surface area contributed by atoms with Gasteiger partial charge in [0, 0.05) is 6.42 Å². The highest BCUT2D eigenvalue weighted by molar-refractivity contribution is 5.37. The Morgan fingerprint density at radius 2 is 1.41 bits per heavy atom. The van der Waals surface area contributed by atoms with E-state index in [1.807, 2.05) is 12.1 Å². The molecule has 22 heavy (non-hydrogen) atoms. The first-order valence-electron chi connectivity index (χ1n) is 8.25. The number of hydrogen-bond donors (Lipinski definition) is 0. The summed E-state index contributed by atoms with van der Waals surface area (Å²) in [6, 6.07) is 14.7. The molecule has 0 saturated heterocycles. The maximum atomic E-state index is 5.85. The van der Waals surface area contributed by atoms with Crippen LogP contribution in [0.3, 0.4) is 0 Å². The summed E-state index contributed by atoms with van der Waals surface area (Å²) in [6.45, 7) is 3.47. The molecule has 0 aromatic heterocycles. The van der Waals surface area contributed by atoms with Crippen LogP contribution >= 0.6 is 0 Å². The Balaban J connectivity index is 1.40. The monoisotopic (exact) mass is 296 g/mol. The highest BCUT2D eigenvalue weighted by Crippen LogP contribution is 2.25. The molecule has 2 heteroatoms. The third-order valence-corrected chi connectivity index (χ3v) is 4.17. The van der Waals surface area contributed by atoms with Crippen molar-refractivity contribution in [3.63, 3.8) is 0 Å². The Hall–Kier alpha value is -1.96. The van der Waals surface area contributed by atoms with Crippen molar-refractivity contribution in [3.8, 4) is 11.5 Å². The number of ether oxygens (including phenoxy) is 2. The zero-order valence-corrected chi connectivity index (χ0v) is 13.3. The van der Waals surface area contributed by atoms with Gasteiger partial charge in [0.1, 0.15) is 11.5 Å². The molecule has 2 nitrogen and oxygen atoms in total. The van der Waals surface area contributed by atoms with Gasteiger partial charge in [-0.2, -0.15) is 0 Å². The van der Waals surface area contributed by atoms with Gasteiger partial charge < -0.3 is 9.47 Å². The van der Waals surface area contributed by atoms with Gasteiger partial charge in [0.15, 0.2) is 0 Å². The molecule has 0 spiro atoms. The third-order valence-electron chi connectivity index (χ3n) is 4.17. The first-order chi connectivity index (χ1) is 10.8. The zero-order valence-electron chi connectivity index (χ0n) is 13.3. The van der Waals surface area contributed by atoms with Crippen LogP contribution in [0.15, 0.2) is 42.5 Å². The minimum atomic E-state index is 0.688. The summed E-state index contributed by atoms with van der Waals surface area (Å²) in [7, 11) is 0. The molecule has 1 aliphatic rings. The normalized spacial score (nSPS) is 13.5. The molecule has 2 aromatic carbocycles. The molecule has 0 radical (unpaired) electrons. The Kier molecular flexibility index (Phi) is 4.99. The van der Waals surface area contributed by atoms with Crippen LogP contribution in [-0.2, 0) is 12.8 Å². The molecular formula is C20H24O2. The fraction of sp³-hybridized carbons (Fsp3) is 0.400. The molecule has 0 saturated carbocycles. The Morgan fingerprint density at radius 3 is 2.18 bits per heavy atom. The molecule has 0 fully saturated rings. The van der Waals surface area contributed by atoms with Crippen molar-refractivity contribution in [2.75, 3.05) is 13.2 Å². The standard InChI is InChI=1S/C20H24O2/c1-16-7-10-19(11-8-16)21-13-4-14-22-20-12-9-17-5-2-3-6-18(17)15-20/h7-12,15H,2-6,13-14H2,1H3. The van der Waals surface area contributed by atoms with E-state index in [9.17, 15) is 0 Å². The van der Waals surface area contributed by atoms with Crippen LogP contribution in [0.2, 0.25) is 0 Å². The summed E-state index contributed by atoms with van der Waals surface area (Å²) in [5.74, 6) is 1.93. The summed E-state index contributed by atoms with van der Waals surface area (Å²) < 4.78 is 11.6. The van der Waals surface area contributed by atoms with Gasteiger partial charge in [0.25, 0.3) is 0 Å². The number of fused-ring (bicyclic) bond motifs is 1. The number of hydrogen-bond acceptors (Lipinski definition) is 2. The lowest BCUT2D eigenvalue weighted by molar-refractivity contribution is 0.247. The van der Waals surface area contributed by atoms with E-state index in [4.69, 9.17) is 9.47 Å². The van der Waals surface area contributed by atoms with Gasteiger partial charge in [-0.05, 0) is 68.0 Å². The second-order valence-corrected chi connectivity index (χ2v) is 6.00. The van der Waals surface area contributed by atoms with Crippen molar-refractivity contribution < 1.29 is 9.47 Å². The molecule has 0 atom stereocenters. The quantitative estimate of drug-likeness (QED) is 0.718. The fourth-order valence-electron chi connectivity index (χ4n) is 2.87. The van der Waals surface area contributed by atoms with Crippen LogP contribution in [0.4, 0.5) is 0 Å². The molecule has 0 unspecified atom stereocenters. The largest absolute Gasteiger partial charge is 0.493 e. The Bertz CT molecular complexity index is 602. The third kappa shape index (κ3) is 4.03. The van der Waals surface area contributed by atoms with Crippen LogP contribution in [0, 0.1) is 6.92 Å². The minimum Gasteiger partial charge on any atom is -0.493 e. The summed E-state index contributed by atoms with van der Waals surface area (Å²) in [5, 5.41) is 0. The average molecular weight is 296 g/mol. The van der Waals surface area contributed by atoms with Crippen LogP contribution in [0.25, 0.3) is 0 Å². The molecule has 2 aromatic rings. The van der Waals surface area contributed by atoms with Gasteiger partial charge in [0.2, 0.25) is 0 Å². The SMILES string of the molecule is Cc1ccc(OCCCOc2ccc3c(c2)CCCC3)cc1. The molecule has 116 valence electrons. The molecule has 0 amide bonds. The van der Waals surface area contributed by atoms with Crippen LogP contribution in [0.5, 0.6) is 11.5 Å². The van der Waals surface area contributed by atoms with Crippen molar-refractivity contribution >= 4 is 0 Å². The van der Waals surface area contributed by atoms with Gasteiger partial charge in [-0.3, -0.25) is 0 Å². The van der Waals surface area contributed by atoms with E-state index in [-0.39, 0.29) is 0 Å². The number of aryl methyl sites for hydroxylation is 3. The van der Waals surface area contributed by atoms with Gasteiger partial charge in [-0.15, -0.1) is 0 Å². The molecular weight excluding hydrogens is 272 g/mol. The predicted octanol–water partition coefficient (Wildman–Crippen LogP) is 4.72. The van der Waals surface area contributed by atoms with E-state index in [0.29, 0.717) is 13.2 Å². The molecule has 0 bridgehead atoms. The van der Waals surface area contributed by atoms with E-state index < -0.39 is 0 Å². The van der Waals surface area contributed by atoms with Crippen molar-refractivity contribution in [2.45, 2.75) is 39.0 Å². The van der Waals surface area contributed by atoms with E-state index in [1.165, 1.54) is 42.4 Å². The summed E-state index contributed by atoms with van der Waals surface area (Å²) in [4.78, 5) is 0. The van der Waals surface area contributed by atoms with Gasteiger partial charge >= 0.3 is 0 Å². The summed E-state index contributed by atoms with van der Waals surface area (Å²) >= 11 is 0. The van der Waals surface area contributed by atoms with Crippen molar-refractivity contribution in [1.82, 2.24) is 0 Å². The van der Waals surface area contributed by atoms with E-state index in [1.54, 1.807) is 0 Å². The van der Waals surface area contributed by atoms with Crippen LogP contribution in [-0.4, -0.2) is 13.2 Å². The van der Waals surface area contributed by atoms with Crippen molar-refractivity contribution in [2.24, 2.45) is 0 Å². The fourth-order valence-corrected chi connectivity index (χ4v) is 2.87. The van der Waals surface area contributed by atoms with E-state index in [2.05, 4.69) is 37.3 Å². The van der Waals surface area contributed by atoms with E-state index >= 15 is 0 Å². The Morgan fingerprint density at radius 1 is 0.773 bits per heavy atom. The second kappa shape index (κ2) is 7.35. The molecule has 0 aliphatic heterocycles. The maximum absolute atomic E-state index is 5.85. The number of benzene rings is 2. The lowest BCUT2D eigenvalue weighted by Gasteiger charge is -2.16. The number of rotatable bonds is 6. The maximum Gasteiger partial charge on any atom is 0.119 e. The first kappa shape index (κ1) is 15.0. The molecule has 0 heterocycles. The van der Waals surface area contributed by atoms with Gasteiger partial charge in [0.05, 0.1) is 13.2 Å². The van der Waals surface area contributed by atoms with Crippen LogP contribution < -0.4 is 9.47 Å². The highest BCUT2D eigenvalue weighted by Gasteiger charge is 2.09. The average Bonchev–Trinajstić information content (AvgIpc) is 2.56. The second-order valence-electron chi connectivity index (χ2n) is 6.00. The van der Waals surface area contributed by atoms with E-state index in [0.717, 1.165) is 17.9 Å².